The van der Waals surface area contributed by atoms with Gasteiger partial charge in [0.15, 0.2) is 0 Å². The number of fused-ring (bicyclic) bond motifs is 1. The van der Waals surface area contributed by atoms with Gasteiger partial charge in [0.1, 0.15) is 0 Å². The molecule has 0 aromatic carbocycles. The van der Waals surface area contributed by atoms with Gasteiger partial charge in [-0.25, -0.2) is 0 Å². The topological polar surface area (TPSA) is 3.24 Å². The highest BCUT2D eigenvalue weighted by Gasteiger charge is 2.06. The Morgan fingerprint density at radius 2 is 2.00 bits per heavy atom. The zero-order chi connectivity index (χ0) is 9.80. The standard InChI is InChI=1S/C7H9N.C6H4/c1-2-8-6-4-3-5-7-8;1-2-5-4-6(5)3-1/h1,3-4H,5-7H2;1-4H. The third-order valence-electron chi connectivity index (χ3n) is 2.35. The van der Waals surface area contributed by atoms with Crippen LogP contribution in [-0.2, 0) is 0 Å². The first-order chi connectivity index (χ1) is 6.90. The smallest absolute Gasteiger partial charge is 0.0441 e. The van der Waals surface area contributed by atoms with E-state index in [0.717, 1.165) is 19.5 Å². The lowest BCUT2D eigenvalue weighted by Gasteiger charge is -2.16. The highest BCUT2D eigenvalue weighted by Crippen LogP contribution is 2.32. The zero-order valence-electron chi connectivity index (χ0n) is 8.11. The highest BCUT2D eigenvalue weighted by atomic mass is 15.1. The van der Waals surface area contributed by atoms with Gasteiger partial charge in [-0.15, -0.1) is 0 Å². The summed E-state index contributed by atoms with van der Waals surface area (Å²) in [6, 6.07) is 11.1. The van der Waals surface area contributed by atoms with Crippen LogP contribution in [0.1, 0.15) is 6.42 Å². The lowest BCUT2D eigenvalue weighted by atomic mass is 10.3. The van der Waals surface area contributed by atoms with Crippen molar-refractivity contribution in [1.29, 1.82) is 0 Å². The zero-order valence-corrected chi connectivity index (χ0v) is 8.11. The maximum absolute atomic E-state index is 5.15. The molecule has 0 spiro atoms. The first-order valence-corrected chi connectivity index (χ1v) is 4.87. The van der Waals surface area contributed by atoms with Gasteiger partial charge in [-0.05, 0) is 23.6 Å². The van der Waals surface area contributed by atoms with Crippen molar-refractivity contribution in [2.45, 2.75) is 6.42 Å². The van der Waals surface area contributed by atoms with E-state index in [4.69, 9.17) is 6.42 Å². The van der Waals surface area contributed by atoms with Crippen molar-refractivity contribution in [1.82, 2.24) is 4.90 Å². The second kappa shape index (κ2) is 4.02. The van der Waals surface area contributed by atoms with Gasteiger partial charge in [0.25, 0.3) is 0 Å². The summed E-state index contributed by atoms with van der Waals surface area (Å²) in [4.78, 5) is 1.96. The summed E-state index contributed by atoms with van der Waals surface area (Å²) in [6.07, 6.45) is 10.5. The molecule has 1 nitrogen and oxygen atoms in total. The van der Waals surface area contributed by atoms with Gasteiger partial charge < -0.3 is 4.90 Å². The Hall–Kier alpha value is -1.68. The van der Waals surface area contributed by atoms with Crippen molar-refractivity contribution >= 4 is 0 Å². The van der Waals surface area contributed by atoms with Crippen LogP contribution >= 0.6 is 0 Å². The third-order valence-corrected chi connectivity index (χ3v) is 2.35. The number of hydrogen-bond acceptors (Lipinski definition) is 1. The van der Waals surface area contributed by atoms with Crippen molar-refractivity contribution in [3.8, 4) is 23.6 Å². The van der Waals surface area contributed by atoms with Crippen molar-refractivity contribution in [3.05, 3.63) is 36.4 Å². The summed E-state index contributed by atoms with van der Waals surface area (Å²) in [7, 11) is 0. The number of terminal acetylenes is 1. The van der Waals surface area contributed by atoms with Gasteiger partial charge in [0.2, 0.25) is 0 Å². The summed E-state index contributed by atoms with van der Waals surface area (Å²) in [5, 5.41) is 0. The van der Waals surface area contributed by atoms with Crippen LogP contribution in [0.4, 0.5) is 0 Å². The molecular formula is C13H13N. The molecule has 1 heteroatoms. The molecule has 1 aliphatic heterocycles. The van der Waals surface area contributed by atoms with E-state index >= 15 is 0 Å². The molecule has 0 aromatic rings. The van der Waals surface area contributed by atoms with E-state index in [1.807, 2.05) is 4.90 Å². The Morgan fingerprint density at radius 1 is 1.21 bits per heavy atom. The van der Waals surface area contributed by atoms with Crippen LogP contribution in [0, 0.1) is 12.5 Å². The molecule has 0 saturated carbocycles. The normalized spacial score (nSPS) is 15.2. The molecule has 0 saturated heterocycles. The maximum atomic E-state index is 5.15. The second-order valence-electron chi connectivity index (χ2n) is 3.42. The Balaban J connectivity index is 0.000000110. The highest BCUT2D eigenvalue weighted by molar-refractivity contribution is 5.80. The molecule has 70 valence electrons. The first kappa shape index (κ1) is 8.90. The Morgan fingerprint density at radius 3 is 2.29 bits per heavy atom. The van der Waals surface area contributed by atoms with Crippen molar-refractivity contribution < 1.29 is 0 Å². The Bertz CT molecular complexity index is 367. The molecule has 3 aliphatic rings. The molecule has 0 radical (unpaired) electrons. The molecule has 0 amide bonds. The molecule has 14 heavy (non-hydrogen) atoms. The van der Waals surface area contributed by atoms with Gasteiger partial charge in [-0.3, -0.25) is 0 Å². The van der Waals surface area contributed by atoms with Crippen molar-refractivity contribution in [3.63, 3.8) is 0 Å². The Kier molecular flexibility index (Phi) is 2.55. The number of hydrogen-bond donors (Lipinski definition) is 0. The van der Waals surface area contributed by atoms with Crippen LogP contribution < -0.4 is 0 Å². The van der Waals surface area contributed by atoms with Crippen molar-refractivity contribution in [2.75, 3.05) is 13.1 Å². The van der Waals surface area contributed by atoms with Crippen LogP contribution in [0.3, 0.4) is 0 Å². The monoisotopic (exact) mass is 183 g/mol. The molecule has 0 unspecified atom stereocenters. The van der Waals surface area contributed by atoms with Crippen LogP contribution in [0.25, 0.3) is 11.1 Å². The predicted octanol–water partition coefficient (Wildman–Crippen LogP) is 2.51. The molecule has 0 aromatic heterocycles. The average molecular weight is 183 g/mol. The van der Waals surface area contributed by atoms with Gasteiger partial charge in [0, 0.05) is 19.1 Å². The molecule has 2 aliphatic carbocycles. The summed E-state index contributed by atoms with van der Waals surface area (Å²) in [5.41, 5.74) is 2.85. The lowest BCUT2D eigenvalue weighted by Crippen LogP contribution is -2.21. The molecule has 0 bridgehead atoms. The van der Waals surface area contributed by atoms with Crippen LogP contribution in [-0.4, -0.2) is 18.0 Å². The van der Waals surface area contributed by atoms with Crippen LogP contribution in [0.15, 0.2) is 36.4 Å². The molecule has 0 fully saturated rings. The summed E-state index contributed by atoms with van der Waals surface area (Å²) in [6.45, 7) is 1.95. The average Bonchev–Trinajstić information content (AvgIpc) is 2.88. The minimum atomic E-state index is 0.927. The summed E-state index contributed by atoms with van der Waals surface area (Å²) in [5.74, 6) is 0. The van der Waals surface area contributed by atoms with Gasteiger partial charge in [-0.1, -0.05) is 36.8 Å². The molecule has 0 atom stereocenters. The van der Waals surface area contributed by atoms with Crippen LogP contribution in [0.2, 0.25) is 0 Å². The molecule has 0 N–H and O–H groups in total. The first-order valence-electron chi connectivity index (χ1n) is 4.87. The van der Waals surface area contributed by atoms with E-state index in [1.165, 1.54) is 11.1 Å². The van der Waals surface area contributed by atoms with Gasteiger partial charge in [-0.2, -0.15) is 0 Å². The van der Waals surface area contributed by atoms with E-state index < -0.39 is 0 Å². The van der Waals surface area contributed by atoms with E-state index in [-0.39, 0.29) is 0 Å². The van der Waals surface area contributed by atoms with E-state index in [2.05, 4.69) is 42.5 Å². The summed E-state index contributed by atoms with van der Waals surface area (Å²) >= 11 is 0. The number of benzene rings is 1. The Labute approximate surface area is 85.0 Å². The third kappa shape index (κ3) is 2.17. The minimum absolute atomic E-state index is 0.927. The largest absolute Gasteiger partial charge is 0.329 e. The fraction of sp³-hybridized carbons (Fsp3) is 0.231. The fourth-order valence-electron chi connectivity index (χ4n) is 1.43. The predicted molar refractivity (Wildman–Crippen MR) is 59.6 cm³/mol. The maximum Gasteiger partial charge on any atom is 0.0441 e. The number of nitrogens with zero attached hydrogens (tertiary/aromatic N) is 1. The number of rotatable bonds is 0. The quantitative estimate of drug-likeness (QED) is 0.448. The van der Waals surface area contributed by atoms with Crippen LogP contribution in [0.5, 0.6) is 0 Å². The molecule has 1 heterocycles. The summed E-state index contributed by atoms with van der Waals surface area (Å²) < 4.78 is 0. The molecular weight excluding hydrogens is 170 g/mol. The molecule has 3 rings (SSSR count). The van der Waals surface area contributed by atoms with E-state index in [9.17, 15) is 0 Å². The minimum Gasteiger partial charge on any atom is -0.329 e. The SMILES string of the molecule is C#CN1CC=CCC1.c1cc2cc-2c1. The second-order valence-corrected chi connectivity index (χ2v) is 3.42. The van der Waals surface area contributed by atoms with Gasteiger partial charge >= 0.3 is 0 Å². The fourth-order valence-corrected chi connectivity index (χ4v) is 1.43. The lowest BCUT2D eigenvalue weighted by molar-refractivity contribution is 0.434. The van der Waals surface area contributed by atoms with E-state index in [0.29, 0.717) is 0 Å². The van der Waals surface area contributed by atoms with Gasteiger partial charge in [0.05, 0.1) is 0 Å². The van der Waals surface area contributed by atoms with Crippen molar-refractivity contribution in [2.24, 2.45) is 0 Å². The van der Waals surface area contributed by atoms with E-state index in [1.54, 1.807) is 0 Å².